The van der Waals surface area contributed by atoms with Gasteiger partial charge in [0.15, 0.2) is 0 Å². The van der Waals surface area contributed by atoms with Crippen LogP contribution in [0.1, 0.15) is 56.9 Å². The van der Waals surface area contributed by atoms with Crippen LogP contribution in [0.25, 0.3) is 0 Å². The van der Waals surface area contributed by atoms with Crippen molar-refractivity contribution < 1.29 is 9.53 Å². The fraction of sp³-hybridized carbons (Fsp3) is 0.650. The van der Waals surface area contributed by atoms with Crippen molar-refractivity contribution in [3.8, 4) is 0 Å². The zero-order chi connectivity index (χ0) is 16.1. The van der Waals surface area contributed by atoms with Crippen LogP contribution in [0.4, 0.5) is 0 Å². The van der Waals surface area contributed by atoms with E-state index in [0.717, 1.165) is 0 Å². The van der Waals surface area contributed by atoms with Crippen LogP contribution in [0.3, 0.4) is 0 Å². The highest BCUT2D eigenvalue weighted by Crippen LogP contribution is 2.31. The van der Waals surface area contributed by atoms with Gasteiger partial charge in [-0.15, -0.1) is 0 Å². The Hall–Kier alpha value is -1.35. The highest BCUT2D eigenvalue weighted by atomic mass is 16.5. The molecule has 2 heterocycles. The molecular formula is C20H29NO2. The Morgan fingerprint density at radius 2 is 1.96 bits per heavy atom. The van der Waals surface area contributed by atoms with E-state index in [0.29, 0.717) is 25.0 Å². The molecule has 126 valence electrons. The first kappa shape index (κ1) is 16.5. The number of carbonyl (C=O) groups excluding carboxylic acids is 1. The Labute approximate surface area is 140 Å². The number of rotatable bonds is 5. The quantitative estimate of drug-likeness (QED) is 0.770. The van der Waals surface area contributed by atoms with Crippen molar-refractivity contribution in [2.45, 2.75) is 57.4 Å². The van der Waals surface area contributed by atoms with E-state index in [4.69, 9.17) is 4.74 Å². The first-order chi connectivity index (χ1) is 11.2. The third-order valence-electron chi connectivity index (χ3n) is 5.53. The average Bonchev–Trinajstić information content (AvgIpc) is 2.60. The second-order valence-corrected chi connectivity index (χ2v) is 7.20. The lowest BCUT2D eigenvalue weighted by Gasteiger charge is -2.44. The molecule has 2 fully saturated rings. The molecule has 23 heavy (non-hydrogen) atoms. The molecule has 0 N–H and O–H groups in total. The van der Waals surface area contributed by atoms with Crippen molar-refractivity contribution in [2.75, 3.05) is 19.7 Å². The molecule has 2 aliphatic heterocycles. The zero-order valence-electron chi connectivity index (χ0n) is 14.2. The fourth-order valence-electron chi connectivity index (χ4n) is 4.18. The van der Waals surface area contributed by atoms with Gasteiger partial charge in [-0.2, -0.15) is 0 Å². The minimum absolute atomic E-state index is 0.0470. The summed E-state index contributed by atoms with van der Waals surface area (Å²) in [6, 6.07) is 10.9. The average molecular weight is 315 g/mol. The normalized spacial score (nSPS) is 26.3. The molecular weight excluding hydrogens is 286 g/mol. The van der Waals surface area contributed by atoms with Crippen LogP contribution in [0.15, 0.2) is 30.3 Å². The van der Waals surface area contributed by atoms with Gasteiger partial charge in [-0.25, -0.2) is 0 Å². The molecule has 1 aromatic carbocycles. The van der Waals surface area contributed by atoms with Crippen molar-refractivity contribution in [3.05, 3.63) is 35.9 Å². The van der Waals surface area contributed by atoms with Crippen molar-refractivity contribution in [3.63, 3.8) is 0 Å². The van der Waals surface area contributed by atoms with Gasteiger partial charge in [0.25, 0.3) is 0 Å². The SMILES string of the molecule is CC(CC(=O)OCC1CCCN2CCCCC12)c1ccccc1. The third-order valence-corrected chi connectivity index (χ3v) is 5.53. The molecule has 2 saturated heterocycles. The maximum Gasteiger partial charge on any atom is 0.306 e. The Morgan fingerprint density at radius 1 is 1.17 bits per heavy atom. The van der Waals surface area contributed by atoms with Crippen LogP contribution in [0.2, 0.25) is 0 Å². The van der Waals surface area contributed by atoms with E-state index in [1.807, 2.05) is 18.2 Å². The van der Waals surface area contributed by atoms with E-state index in [1.165, 1.54) is 50.8 Å². The predicted molar refractivity (Wildman–Crippen MR) is 92.4 cm³/mol. The van der Waals surface area contributed by atoms with E-state index >= 15 is 0 Å². The number of hydrogen-bond acceptors (Lipinski definition) is 3. The van der Waals surface area contributed by atoms with Crippen molar-refractivity contribution in [1.29, 1.82) is 0 Å². The first-order valence-electron chi connectivity index (χ1n) is 9.18. The summed E-state index contributed by atoms with van der Waals surface area (Å²) in [6.07, 6.45) is 6.88. The standard InChI is InChI=1S/C20H29NO2/c1-16(17-8-3-2-4-9-17)14-20(22)23-15-18-10-7-13-21-12-6-5-11-19(18)21/h2-4,8-9,16,18-19H,5-7,10-15H2,1H3. The molecule has 0 aromatic heterocycles. The second kappa shape index (κ2) is 7.96. The number of piperidine rings is 2. The van der Waals surface area contributed by atoms with Gasteiger partial charge in [0.05, 0.1) is 13.0 Å². The number of carbonyl (C=O) groups is 1. The molecule has 3 atom stereocenters. The van der Waals surface area contributed by atoms with Gasteiger partial charge in [0, 0.05) is 12.0 Å². The number of esters is 1. The van der Waals surface area contributed by atoms with E-state index in [1.54, 1.807) is 0 Å². The summed E-state index contributed by atoms with van der Waals surface area (Å²) in [7, 11) is 0. The van der Waals surface area contributed by atoms with Crippen LogP contribution in [0.5, 0.6) is 0 Å². The van der Waals surface area contributed by atoms with Gasteiger partial charge in [-0.3, -0.25) is 9.69 Å². The number of benzene rings is 1. The van der Waals surface area contributed by atoms with Crippen molar-refractivity contribution >= 4 is 5.97 Å². The third kappa shape index (κ3) is 4.35. The van der Waals surface area contributed by atoms with Crippen LogP contribution in [-0.2, 0) is 9.53 Å². The number of hydrogen-bond donors (Lipinski definition) is 0. The lowest BCUT2D eigenvalue weighted by Crippen LogP contribution is -2.49. The van der Waals surface area contributed by atoms with E-state index in [9.17, 15) is 4.79 Å². The maximum absolute atomic E-state index is 12.2. The largest absolute Gasteiger partial charge is 0.465 e. The molecule has 0 radical (unpaired) electrons. The van der Waals surface area contributed by atoms with Gasteiger partial charge in [0.2, 0.25) is 0 Å². The molecule has 3 heteroatoms. The van der Waals surface area contributed by atoms with Crippen LogP contribution >= 0.6 is 0 Å². The summed E-state index contributed by atoms with van der Waals surface area (Å²) in [6.45, 7) is 5.18. The highest BCUT2D eigenvalue weighted by Gasteiger charge is 2.33. The lowest BCUT2D eigenvalue weighted by atomic mass is 9.84. The minimum atomic E-state index is -0.0470. The first-order valence-corrected chi connectivity index (χ1v) is 9.18. The summed E-state index contributed by atoms with van der Waals surface area (Å²) in [4.78, 5) is 14.8. The molecule has 1 aromatic rings. The number of ether oxygens (including phenoxy) is 1. The van der Waals surface area contributed by atoms with Crippen LogP contribution in [-0.4, -0.2) is 36.6 Å². The topological polar surface area (TPSA) is 29.5 Å². The Balaban J connectivity index is 1.46. The Bertz CT molecular complexity index is 500. The number of nitrogens with zero attached hydrogens (tertiary/aromatic N) is 1. The van der Waals surface area contributed by atoms with Gasteiger partial charge in [-0.05, 0) is 50.3 Å². The summed E-state index contributed by atoms with van der Waals surface area (Å²) in [5.74, 6) is 0.718. The van der Waals surface area contributed by atoms with E-state index in [2.05, 4.69) is 24.0 Å². The zero-order valence-corrected chi connectivity index (χ0v) is 14.2. The molecule has 0 amide bonds. The summed E-state index contributed by atoms with van der Waals surface area (Å²) < 4.78 is 5.66. The smallest absolute Gasteiger partial charge is 0.306 e. The Kier molecular flexibility index (Phi) is 5.71. The van der Waals surface area contributed by atoms with Gasteiger partial charge in [-0.1, -0.05) is 43.7 Å². The molecule has 0 saturated carbocycles. The summed E-state index contributed by atoms with van der Waals surface area (Å²) >= 11 is 0. The number of fused-ring (bicyclic) bond motifs is 1. The fourth-order valence-corrected chi connectivity index (χ4v) is 4.18. The molecule has 3 nitrogen and oxygen atoms in total. The van der Waals surface area contributed by atoms with Crippen LogP contribution < -0.4 is 0 Å². The summed E-state index contributed by atoms with van der Waals surface area (Å²) in [5.41, 5.74) is 1.21. The predicted octanol–water partition coefficient (Wildman–Crippen LogP) is 3.99. The minimum Gasteiger partial charge on any atom is -0.465 e. The maximum atomic E-state index is 12.2. The molecule has 0 spiro atoms. The van der Waals surface area contributed by atoms with Crippen molar-refractivity contribution in [2.24, 2.45) is 5.92 Å². The summed E-state index contributed by atoms with van der Waals surface area (Å²) in [5, 5.41) is 0. The lowest BCUT2D eigenvalue weighted by molar-refractivity contribution is -0.147. The van der Waals surface area contributed by atoms with E-state index in [-0.39, 0.29) is 11.9 Å². The van der Waals surface area contributed by atoms with Gasteiger partial charge >= 0.3 is 5.97 Å². The van der Waals surface area contributed by atoms with Crippen molar-refractivity contribution in [1.82, 2.24) is 4.90 Å². The molecule has 3 unspecified atom stereocenters. The van der Waals surface area contributed by atoms with Gasteiger partial charge < -0.3 is 4.74 Å². The molecule has 0 aliphatic carbocycles. The molecule has 0 bridgehead atoms. The monoisotopic (exact) mass is 315 g/mol. The molecule has 2 aliphatic rings. The van der Waals surface area contributed by atoms with Gasteiger partial charge in [0.1, 0.15) is 0 Å². The second-order valence-electron chi connectivity index (χ2n) is 7.20. The highest BCUT2D eigenvalue weighted by molar-refractivity contribution is 5.70. The van der Waals surface area contributed by atoms with E-state index < -0.39 is 0 Å². The van der Waals surface area contributed by atoms with Crippen LogP contribution in [0, 0.1) is 5.92 Å². The molecule has 3 rings (SSSR count). The Morgan fingerprint density at radius 3 is 2.78 bits per heavy atom.